The molecular formula is C23H21ClF2N2O3. The van der Waals surface area contributed by atoms with E-state index >= 15 is 0 Å². The molecule has 0 bridgehead atoms. The van der Waals surface area contributed by atoms with Crippen LogP contribution in [0, 0.1) is 0 Å². The Morgan fingerprint density at radius 3 is 2.65 bits per heavy atom. The molecule has 31 heavy (non-hydrogen) atoms. The molecular weight excluding hydrogens is 426 g/mol. The molecule has 3 aromatic rings. The first-order valence-corrected chi connectivity index (χ1v) is 10.3. The van der Waals surface area contributed by atoms with E-state index in [1.165, 1.54) is 13.2 Å². The standard InChI is InChI=1S/C23H21ClF2N2O3/c1-31-15-3-5-20(17(11-15)22(29)30)28-21-16-10-14(24)2-4-19(16)27-12-18(21)13-6-8-23(25,26)9-7-13/h2-5,10-13H,6-9H2,1H3,(H,27,28)(H,29,30). The minimum absolute atomic E-state index is 0.0347. The molecule has 1 aliphatic carbocycles. The molecule has 1 aromatic heterocycles. The highest BCUT2D eigenvalue weighted by molar-refractivity contribution is 6.31. The van der Waals surface area contributed by atoms with E-state index in [1.54, 1.807) is 36.5 Å². The molecule has 1 aliphatic rings. The van der Waals surface area contributed by atoms with Gasteiger partial charge in [0.1, 0.15) is 5.75 Å². The van der Waals surface area contributed by atoms with E-state index in [2.05, 4.69) is 10.3 Å². The number of hydrogen-bond acceptors (Lipinski definition) is 4. The van der Waals surface area contributed by atoms with Gasteiger partial charge in [-0.25, -0.2) is 13.6 Å². The Kier molecular flexibility index (Phi) is 5.71. The van der Waals surface area contributed by atoms with Crippen molar-refractivity contribution in [1.82, 2.24) is 4.98 Å². The van der Waals surface area contributed by atoms with Crippen molar-refractivity contribution in [2.45, 2.75) is 37.5 Å². The number of rotatable bonds is 5. The van der Waals surface area contributed by atoms with Crippen molar-refractivity contribution in [2.24, 2.45) is 0 Å². The number of pyridine rings is 1. The largest absolute Gasteiger partial charge is 0.497 e. The number of aromatic carboxylic acids is 1. The lowest BCUT2D eigenvalue weighted by molar-refractivity contribution is -0.0381. The number of alkyl halides is 2. The molecule has 0 saturated heterocycles. The van der Waals surface area contributed by atoms with Crippen molar-refractivity contribution in [2.75, 3.05) is 12.4 Å². The number of aromatic nitrogens is 1. The summed E-state index contributed by atoms with van der Waals surface area (Å²) in [7, 11) is 1.46. The number of methoxy groups -OCH3 is 1. The summed E-state index contributed by atoms with van der Waals surface area (Å²) in [6.45, 7) is 0. The van der Waals surface area contributed by atoms with Crippen LogP contribution in [0.5, 0.6) is 5.75 Å². The van der Waals surface area contributed by atoms with Gasteiger partial charge in [-0.15, -0.1) is 0 Å². The fraction of sp³-hybridized carbons (Fsp3) is 0.304. The zero-order valence-corrected chi connectivity index (χ0v) is 17.5. The number of halogens is 3. The summed E-state index contributed by atoms with van der Waals surface area (Å²) >= 11 is 6.23. The number of carbonyl (C=O) groups is 1. The Morgan fingerprint density at radius 2 is 1.97 bits per heavy atom. The maximum atomic E-state index is 13.7. The lowest BCUT2D eigenvalue weighted by Crippen LogP contribution is -2.24. The molecule has 2 N–H and O–H groups in total. The number of nitrogens with one attached hydrogen (secondary N) is 1. The lowest BCUT2D eigenvalue weighted by atomic mass is 9.81. The Hall–Kier alpha value is -2.93. The van der Waals surface area contributed by atoms with Crippen LogP contribution in [0.4, 0.5) is 20.2 Å². The maximum absolute atomic E-state index is 13.7. The third kappa shape index (κ3) is 4.42. The number of anilines is 2. The van der Waals surface area contributed by atoms with Gasteiger partial charge in [0.05, 0.1) is 29.6 Å². The Bertz CT molecular complexity index is 1140. The average molecular weight is 447 g/mol. The minimum atomic E-state index is -2.65. The summed E-state index contributed by atoms with van der Waals surface area (Å²) in [4.78, 5) is 16.3. The lowest BCUT2D eigenvalue weighted by Gasteiger charge is -2.30. The van der Waals surface area contributed by atoms with Crippen LogP contribution in [0.15, 0.2) is 42.6 Å². The molecule has 0 aliphatic heterocycles. The molecule has 1 fully saturated rings. The molecule has 2 aromatic carbocycles. The predicted molar refractivity (Wildman–Crippen MR) is 116 cm³/mol. The summed E-state index contributed by atoms with van der Waals surface area (Å²) in [5.74, 6) is -3.47. The normalized spacial score (nSPS) is 16.3. The van der Waals surface area contributed by atoms with E-state index < -0.39 is 11.9 Å². The number of carboxylic acid groups (broad SMARTS) is 1. The molecule has 0 amide bonds. The van der Waals surface area contributed by atoms with Crippen molar-refractivity contribution in [3.05, 3.63) is 58.7 Å². The smallest absolute Gasteiger partial charge is 0.337 e. The molecule has 162 valence electrons. The van der Waals surface area contributed by atoms with Gasteiger partial charge in [-0.05, 0) is 60.7 Å². The Labute approximate surface area is 183 Å². The van der Waals surface area contributed by atoms with Gasteiger partial charge in [-0.3, -0.25) is 4.98 Å². The number of nitrogens with zero attached hydrogens (tertiary/aromatic N) is 1. The summed E-state index contributed by atoms with van der Waals surface area (Å²) in [6, 6.07) is 9.95. The van der Waals surface area contributed by atoms with Gasteiger partial charge in [0.25, 0.3) is 0 Å². The van der Waals surface area contributed by atoms with Crippen molar-refractivity contribution >= 4 is 39.8 Å². The third-order valence-corrected chi connectivity index (χ3v) is 5.97. The van der Waals surface area contributed by atoms with E-state index in [0.717, 1.165) is 5.56 Å². The molecule has 0 radical (unpaired) electrons. The average Bonchev–Trinajstić information content (AvgIpc) is 2.74. The van der Waals surface area contributed by atoms with Crippen molar-refractivity contribution < 1.29 is 23.4 Å². The topological polar surface area (TPSA) is 71.5 Å². The molecule has 1 saturated carbocycles. The van der Waals surface area contributed by atoms with Crippen LogP contribution in [-0.4, -0.2) is 29.1 Å². The summed E-state index contributed by atoms with van der Waals surface area (Å²) in [6.07, 6.45) is 1.96. The second-order valence-corrected chi connectivity index (χ2v) is 8.16. The number of ether oxygens (including phenoxy) is 1. The second-order valence-electron chi connectivity index (χ2n) is 7.72. The van der Waals surface area contributed by atoms with Gasteiger partial charge in [0, 0.05) is 29.4 Å². The zero-order valence-electron chi connectivity index (χ0n) is 16.8. The van der Waals surface area contributed by atoms with Crippen molar-refractivity contribution in [3.63, 3.8) is 0 Å². The molecule has 0 spiro atoms. The van der Waals surface area contributed by atoms with Gasteiger partial charge in [-0.2, -0.15) is 0 Å². The number of benzene rings is 2. The Morgan fingerprint density at radius 1 is 1.23 bits per heavy atom. The van der Waals surface area contributed by atoms with Crippen LogP contribution in [0.3, 0.4) is 0 Å². The minimum Gasteiger partial charge on any atom is -0.497 e. The fourth-order valence-corrected chi connectivity index (χ4v) is 4.22. The number of hydrogen-bond donors (Lipinski definition) is 2. The highest BCUT2D eigenvalue weighted by atomic mass is 35.5. The van der Waals surface area contributed by atoms with Crippen LogP contribution < -0.4 is 10.1 Å². The maximum Gasteiger partial charge on any atom is 0.337 e. The molecule has 5 nitrogen and oxygen atoms in total. The SMILES string of the molecule is COc1ccc(Nc2c(C3CCC(F)(F)CC3)cnc3ccc(Cl)cc23)c(C(=O)O)c1. The fourth-order valence-electron chi connectivity index (χ4n) is 4.05. The van der Waals surface area contributed by atoms with E-state index in [1.807, 2.05) is 0 Å². The second kappa shape index (κ2) is 8.30. The van der Waals surface area contributed by atoms with Gasteiger partial charge in [0.2, 0.25) is 5.92 Å². The van der Waals surface area contributed by atoms with Crippen LogP contribution in [0.1, 0.15) is 47.5 Å². The van der Waals surface area contributed by atoms with E-state index in [-0.39, 0.29) is 24.3 Å². The summed E-state index contributed by atoms with van der Waals surface area (Å²) in [5.41, 5.74) is 2.48. The van der Waals surface area contributed by atoms with Crippen LogP contribution in [0.25, 0.3) is 10.9 Å². The zero-order chi connectivity index (χ0) is 22.2. The first-order chi connectivity index (χ1) is 14.8. The molecule has 4 rings (SSSR count). The van der Waals surface area contributed by atoms with Crippen LogP contribution >= 0.6 is 11.6 Å². The highest BCUT2D eigenvalue weighted by Gasteiger charge is 2.36. The van der Waals surface area contributed by atoms with Crippen LogP contribution in [-0.2, 0) is 0 Å². The Balaban J connectivity index is 1.84. The van der Waals surface area contributed by atoms with E-state index in [4.69, 9.17) is 16.3 Å². The van der Waals surface area contributed by atoms with E-state index in [0.29, 0.717) is 45.9 Å². The molecule has 8 heteroatoms. The number of fused-ring (bicyclic) bond motifs is 1. The monoisotopic (exact) mass is 446 g/mol. The van der Waals surface area contributed by atoms with Crippen molar-refractivity contribution in [3.8, 4) is 5.75 Å². The van der Waals surface area contributed by atoms with Gasteiger partial charge in [-0.1, -0.05) is 11.6 Å². The summed E-state index contributed by atoms with van der Waals surface area (Å²) in [5, 5.41) is 14.1. The highest BCUT2D eigenvalue weighted by Crippen LogP contribution is 2.45. The van der Waals surface area contributed by atoms with E-state index in [9.17, 15) is 18.7 Å². The third-order valence-electron chi connectivity index (χ3n) is 5.73. The van der Waals surface area contributed by atoms with Crippen LogP contribution in [0.2, 0.25) is 5.02 Å². The van der Waals surface area contributed by atoms with Gasteiger partial charge < -0.3 is 15.2 Å². The molecule has 1 heterocycles. The summed E-state index contributed by atoms with van der Waals surface area (Å²) < 4.78 is 32.6. The van der Waals surface area contributed by atoms with Gasteiger partial charge in [0.15, 0.2) is 0 Å². The van der Waals surface area contributed by atoms with Crippen molar-refractivity contribution in [1.29, 1.82) is 0 Å². The first kappa shape index (κ1) is 21.3. The predicted octanol–water partition coefficient (Wildman–Crippen LogP) is 6.63. The molecule has 0 atom stereocenters. The van der Waals surface area contributed by atoms with Gasteiger partial charge >= 0.3 is 5.97 Å². The molecule has 0 unspecified atom stereocenters. The quantitative estimate of drug-likeness (QED) is 0.460. The first-order valence-electron chi connectivity index (χ1n) is 9.92. The number of carboxylic acids is 1.